The lowest BCUT2D eigenvalue weighted by molar-refractivity contribution is 0.135. The van der Waals surface area contributed by atoms with Gasteiger partial charge in [0.2, 0.25) is 0 Å². The lowest BCUT2D eigenvalue weighted by Crippen LogP contribution is -2.44. The highest BCUT2D eigenvalue weighted by atomic mass is 15.2. The van der Waals surface area contributed by atoms with Gasteiger partial charge >= 0.3 is 0 Å². The van der Waals surface area contributed by atoms with Gasteiger partial charge in [-0.05, 0) is 64.6 Å². The quantitative estimate of drug-likeness (QED) is 0.868. The number of benzene rings is 1. The van der Waals surface area contributed by atoms with Crippen LogP contribution in [-0.2, 0) is 6.42 Å². The molecule has 1 atom stereocenters. The molecular formula is C18H31N3. The third kappa shape index (κ3) is 4.53. The first-order valence-electron chi connectivity index (χ1n) is 8.29. The smallest absolute Gasteiger partial charge is 0.0446 e. The van der Waals surface area contributed by atoms with E-state index in [0.717, 1.165) is 19.0 Å². The molecule has 1 aromatic rings. The molecule has 1 saturated heterocycles. The summed E-state index contributed by atoms with van der Waals surface area (Å²) >= 11 is 0. The van der Waals surface area contributed by atoms with Gasteiger partial charge in [-0.3, -0.25) is 0 Å². The van der Waals surface area contributed by atoms with Crippen LogP contribution in [0.1, 0.15) is 36.9 Å². The van der Waals surface area contributed by atoms with E-state index in [0.29, 0.717) is 6.04 Å². The summed E-state index contributed by atoms with van der Waals surface area (Å²) in [5.41, 5.74) is 2.81. The van der Waals surface area contributed by atoms with Crippen molar-refractivity contribution in [1.29, 1.82) is 0 Å². The maximum absolute atomic E-state index is 3.48. The van der Waals surface area contributed by atoms with E-state index >= 15 is 0 Å². The van der Waals surface area contributed by atoms with Crippen molar-refractivity contribution in [2.45, 2.75) is 38.3 Å². The Labute approximate surface area is 130 Å². The summed E-state index contributed by atoms with van der Waals surface area (Å²) in [6, 6.07) is 10.2. The van der Waals surface area contributed by atoms with Gasteiger partial charge < -0.3 is 15.1 Å². The Kier molecular flexibility index (Phi) is 6.22. The predicted octanol–water partition coefficient (Wildman–Crippen LogP) is 2.54. The zero-order chi connectivity index (χ0) is 15.2. The fourth-order valence-corrected chi connectivity index (χ4v) is 3.22. The van der Waals surface area contributed by atoms with Crippen molar-refractivity contribution in [3.63, 3.8) is 0 Å². The summed E-state index contributed by atoms with van der Waals surface area (Å²) in [7, 11) is 6.57. The van der Waals surface area contributed by atoms with E-state index in [2.05, 4.69) is 67.4 Å². The molecule has 0 amide bonds. The Morgan fingerprint density at radius 3 is 2.38 bits per heavy atom. The summed E-state index contributed by atoms with van der Waals surface area (Å²) in [6.07, 6.45) is 3.69. The van der Waals surface area contributed by atoms with Gasteiger partial charge in [0, 0.05) is 18.6 Å². The first-order valence-corrected chi connectivity index (χ1v) is 8.29. The first kappa shape index (κ1) is 16.5. The van der Waals surface area contributed by atoms with Crippen molar-refractivity contribution < 1.29 is 0 Å². The number of hydrogen-bond donors (Lipinski definition) is 1. The molecule has 0 spiro atoms. The molecule has 1 fully saturated rings. The molecule has 0 aromatic heterocycles. The molecule has 1 unspecified atom stereocenters. The first-order chi connectivity index (χ1) is 10.1. The fraction of sp³-hybridized carbons (Fsp3) is 0.667. The van der Waals surface area contributed by atoms with Gasteiger partial charge in [-0.15, -0.1) is 0 Å². The Bertz CT molecular complexity index is 407. The van der Waals surface area contributed by atoms with E-state index in [4.69, 9.17) is 0 Å². The molecule has 118 valence electrons. The molecule has 1 aliphatic rings. The molecule has 21 heavy (non-hydrogen) atoms. The number of piperidine rings is 1. The fourth-order valence-electron chi connectivity index (χ4n) is 3.22. The molecule has 3 heteroatoms. The SMILES string of the molecule is CCc1ccc(C(CN(C)C2CCN(C)CC2)NC)cc1. The normalized spacial score (nSPS) is 19.1. The molecule has 0 aliphatic carbocycles. The summed E-state index contributed by atoms with van der Waals surface area (Å²) in [4.78, 5) is 4.98. The van der Waals surface area contributed by atoms with Crippen molar-refractivity contribution >= 4 is 0 Å². The summed E-state index contributed by atoms with van der Waals surface area (Å²) < 4.78 is 0. The highest BCUT2D eigenvalue weighted by molar-refractivity contribution is 5.25. The lowest BCUT2D eigenvalue weighted by Gasteiger charge is -2.36. The van der Waals surface area contributed by atoms with Crippen LogP contribution in [0.2, 0.25) is 0 Å². The number of hydrogen-bond acceptors (Lipinski definition) is 3. The van der Waals surface area contributed by atoms with Gasteiger partial charge in [0.15, 0.2) is 0 Å². The second kappa shape index (κ2) is 7.92. The van der Waals surface area contributed by atoms with Gasteiger partial charge in [-0.1, -0.05) is 31.2 Å². The van der Waals surface area contributed by atoms with Gasteiger partial charge in [0.25, 0.3) is 0 Å². The van der Waals surface area contributed by atoms with Crippen LogP contribution in [0, 0.1) is 0 Å². The summed E-state index contributed by atoms with van der Waals surface area (Å²) in [5, 5.41) is 3.48. The van der Waals surface area contributed by atoms with Crippen LogP contribution < -0.4 is 5.32 Å². The maximum atomic E-state index is 3.48. The average molecular weight is 289 g/mol. The third-order valence-corrected chi connectivity index (χ3v) is 4.92. The number of aryl methyl sites for hydroxylation is 1. The predicted molar refractivity (Wildman–Crippen MR) is 90.8 cm³/mol. The molecule has 0 saturated carbocycles. The van der Waals surface area contributed by atoms with Crippen molar-refractivity contribution in [3.8, 4) is 0 Å². The zero-order valence-corrected chi connectivity index (χ0v) is 14.1. The van der Waals surface area contributed by atoms with Crippen molar-refractivity contribution in [3.05, 3.63) is 35.4 Å². The molecule has 0 bridgehead atoms. The van der Waals surface area contributed by atoms with E-state index in [1.165, 1.54) is 37.1 Å². The minimum atomic E-state index is 0.417. The number of likely N-dealkylation sites (N-methyl/N-ethyl adjacent to an activating group) is 2. The van der Waals surface area contributed by atoms with Crippen molar-refractivity contribution in [1.82, 2.24) is 15.1 Å². The Morgan fingerprint density at radius 2 is 1.86 bits per heavy atom. The molecule has 1 N–H and O–H groups in total. The van der Waals surface area contributed by atoms with Gasteiger partial charge in [0.05, 0.1) is 0 Å². The zero-order valence-electron chi connectivity index (χ0n) is 14.1. The molecule has 1 aromatic carbocycles. The maximum Gasteiger partial charge on any atom is 0.0446 e. The van der Waals surface area contributed by atoms with Crippen LogP contribution in [0.25, 0.3) is 0 Å². The van der Waals surface area contributed by atoms with Crippen LogP contribution in [0.3, 0.4) is 0 Å². The molecule has 1 aliphatic heterocycles. The highest BCUT2D eigenvalue weighted by Crippen LogP contribution is 2.19. The molecular weight excluding hydrogens is 258 g/mol. The monoisotopic (exact) mass is 289 g/mol. The average Bonchev–Trinajstić information content (AvgIpc) is 2.53. The summed E-state index contributed by atoms with van der Waals surface area (Å²) in [5.74, 6) is 0. The third-order valence-electron chi connectivity index (χ3n) is 4.92. The van der Waals surface area contributed by atoms with E-state index in [1.54, 1.807) is 0 Å². The highest BCUT2D eigenvalue weighted by Gasteiger charge is 2.22. The second-order valence-electron chi connectivity index (χ2n) is 6.41. The molecule has 0 radical (unpaired) electrons. The van der Waals surface area contributed by atoms with Crippen molar-refractivity contribution in [2.24, 2.45) is 0 Å². The van der Waals surface area contributed by atoms with Crippen LogP contribution >= 0.6 is 0 Å². The molecule has 3 nitrogen and oxygen atoms in total. The van der Waals surface area contributed by atoms with Gasteiger partial charge in [-0.2, -0.15) is 0 Å². The number of nitrogens with one attached hydrogen (secondary N) is 1. The Morgan fingerprint density at radius 1 is 1.24 bits per heavy atom. The minimum Gasteiger partial charge on any atom is -0.312 e. The van der Waals surface area contributed by atoms with Gasteiger partial charge in [-0.25, -0.2) is 0 Å². The molecule has 1 heterocycles. The molecule has 2 rings (SSSR count). The Hall–Kier alpha value is -0.900. The minimum absolute atomic E-state index is 0.417. The van der Waals surface area contributed by atoms with E-state index in [1.807, 2.05) is 0 Å². The number of likely N-dealkylation sites (tertiary alicyclic amines) is 1. The second-order valence-corrected chi connectivity index (χ2v) is 6.41. The largest absolute Gasteiger partial charge is 0.312 e. The van der Waals surface area contributed by atoms with E-state index in [-0.39, 0.29) is 0 Å². The van der Waals surface area contributed by atoms with Crippen molar-refractivity contribution in [2.75, 3.05) is 40.8 Å². The van der Waals surface area contributed by atoms with Gasteiger partial charge in [0.1, 0.15) is 0 Å². The number of rotatable bonds is 6. The van der Waals surface area contributed by atoms with E-state index < -0.39 is 0 Å². The standard InChI is InChI=1S/C18H31N3/c1-5-15-6-8-16(9-7-15)18(19-2)14-21(4)17-10-12-20(3)13-11-17/h6-9,17-19H,5,10-14H2,1-4H3. The summed E-state index contributed by atoms with van der Waals surface area (Å²) in [6.45, 7) is 5.74. The van der Waals surface area contributed by atoms with Crippen LogP contribution in [0.5, 0.6) is 0 Å². The topological polar surface area (TPSA) is 18.5 Å². The Balaban J connectivity index is 1.94. The number of nitrogens with zero attached hydrogens (tertiary/aromatic N) is 2. The van der Waals surface area contributed by atoms with Crippen LogP contribution in [0.4, 0.5) is 0 Å². The lowest BCUT2D eigenvalue weighted by atomic mass is 10.0. The van der Waals surface area contributed by atoms with Crippen LogP contribution in [-0.4, -0.2) is 56.6 Å². The van der Waals surface area contributed by atoms with Crippen LogP contribution in [0.15, 0.2) is 24.3 Å². The van der Waals surface area contributed by atoms with E-state index in [9.17, 15) is 0 Å².